The highest BCUT2D eigenvalue weighted by Gasteiger charge is 2.22. The van der Waals surface area contributed by atoms with Crippen molar-refractivity contribution in [2.45, 2.75) is 25.8 Å². The molecule has 4 heteroatoms. The Morgan fingerprint density at radius 3 is 2.85 bits per heavy atom. The van der Waals surface area contributed by atoms with Crippen LogP contribution >= 0.6 is 0 Å². The lowest BCUT2D eigenvalue weighted by Crippen LogP contribution is -2.37. The van der Waals surface area contributed by atoms with Crippen LogP contribution in [-0.2, 0) is 6.54 Å². The minimum Gasteiger partial charge on any atom is -0.329 e. The number of rotatable bonds is 4. The normalized spacial score (nSPS) is 20.1. The number of piperidine rings is 1. The van der Waals surface area contributed by atoms with E-state index >= 15 is 0 Å². The van der Waals surface area contributed by atoms with Crippen LogP contribution in [0.15, 0.2) is 29.4 Å². The highest BCUT2D eigenvalue weighted by atomic mass is 15.3. The van der Waals surface area contributed by atoms with Crippen molar-refractivity contribution < 1.29 is 0 Å². The minimum absolute atomic E-state index is 0.760. The maximum Gasteiger partial charge on any atom is 0.0681 e. The molecule has 2 aliphatic heterocycles. The predicted molar refractivity (Wildman–Crippen MR) is 82.7 cm³/mol. The molecule has 0 atom stereocenters. The molecule has 2 heterocycles. The van der Waals surface area contributed by atoms with E-state index in [1.54, 1.807) is 0 Å². The Labute approximate surface area is 121 Å². The number of nitrogens with one attached hydrogen (secondary N) is 1. The number of nitrogens with two attached hydrogens (primary N) is 1. The number of fused-ring (bicyclic) bond motifs is 1. The number of nitrogens with zero attached hydrogens (tertiary/aromatic N) is 2. The standard InChI is InChI=1S/C16H24N4/c17-7-10-20-8-5-13(6-9-20)11-16-15-4-2-1-3-14(15)12-18-19-16/h1-4,13,18H,5-12,17H2. The van der Waals surface area contributed by atoms with Crippen LogP contribution in [0.4, 0.5) is 0 Å². The van der Waals surface area contributed by atoms with E-state index in [0.29, 0.717) is 0 Å². The van der Waals surface area contributed by atoms with Crippen molar-refractivity contribution in [3.8, 4) is 0 Å². The lowest BCUT2D eigenvalue weighted by molar-refractivity contribution is 0.192. The molecule has 3 N–H and O–H groups in total. The van der Waals surface area contributed by atoms with Gasteiger partial charge < -0.3 is 16.1 Å². The number of hydrazone groups is 1. The summed E-state index contributed by atoms with van der Waals surface area (Å²) in [5, 5.41) is 4.55. The molecule has 0 bridgehead atoms. The third-order valence-electron chi connectivity index (χ3n) is 4.45. The largest absolute Gasteiger partial charge is 0.329 e. The molecule has 1 saturated heterocycles. The second-order valence-corrected chi connectivity index (χ2v) is 5.83. The van der Waals surface area contributed by atoms with Gasteiger partial charge in [0.25, 0.3) is 0 Å². The first kappa shape index (κ1) is 13.6. The molecule has 0 unspecified atom stereocenters. The van der Waals surface area contributed by atoms with Gasteiger partial charge in [0.05, 0.1) is 12.3 Å². The minimum atomic E-state index is 0.760. The maximum atomic E-state index is 5.63. The molecule has 0 spiro atoms. The first-order chi connectivity index (χ1) is 9.86. The van der Waals surface area contributed by atoms with Gasteiger partial charge in [-0.05, 0) is 43.8 Å². The Kier molecular flexibility index (Phi) is 4.33. The summed E-state index contributed by atoms with van der Waals surface area (Å²) in [6.07, 6.45) is 3.63. The fourth-order valence-corrected chi connectivity index (χ4v) is 3.26. The third-order valence-corrected chi connectivity index (χ3v) is 4.45. The molecule has 20 heavy (non-hydrogen) atoms. The fourth-order valence-electron chi connectivity index (χ4n) is 3.26. The fraction of sp³-hybridized carbons (Fsp3) is 0.562. The number of hydrogen-bond donors (Lipinski definition) is 2. The van der Waals surface area contributed by atoms with E-state index in [9.17, 15) is 0 Å². The van der Waals surface area contributed by atoms with Crippen LogP contribution in [-0.4, -0.2) is 36.8 Å². The molecule has 1 fully saturated rings. The molecule has 2 aliphatic rings. The summed E-state index contributed by atoms with van der Waals surface area (Å²) in [7, 11) is 0. The van der Waals surface area contributed by atoms with Crippen LogP contribution in [0.2, 0.25) is 0 Å². The van der Waals surface area contributed by atoms with E-state index in [1.165, 1.54) is 42.8 Å². The molecule has 0 saturated carbocycles. The summed E-state index contributed by atoms with van der Waals surface area (Å²) >= 11 is 0. The zero-order valence-electron chi connectivity index (χ0n) is 12.0. The zero-order chi connectivity index (χ0) is 13.8. The number of hydrogen-bond acceptors (Lipinski definition) is 4. The SMILES string of the molecule is NCCN1CCC(CC2=NNCc3ccccc32)CC1. The predicted octanol–water partition coefficient (Wildman–Crippen LogP) is 1.55. The summed E-state index contributed by atoms with van der Waals surface area (Å²) in [5.74, 6) is 0.760. The first-order valence-corrected chi connectivity index (χ1v) is 7.67. The molecule has 0 aliphatic carbocycles. The quantitative estimate of drug-likeness (QED) is 0.874. The first-order valence-electron chi connectivity index (χ1n) is 7.67. The van der Waals surface area contributed by atoms with Crippen molar-refractivity contribution in [2.24, 2.45) is 16.8 Å². The van der Waals surface area contributed by atoms with Gasteiger partial charge in [-0.3, -0.25) is 0 Å². The average Bonchev–Trinajstić information content (AvgIpc) is 2.50. The highest BCUT2D eigenvalue weighted by molar-refractivity contribution is 6.02. The number of likely N-dealkylation sites (tertiary alicyclic amines) is 1. The van der Waals surface area contributed by atoms with Gasteiger partial charge in [-0.1, -0.05) is 24.3 Å². The van der Waals surface area contributed by atoms with Gasteiger partial charge in [0.2, 0.25) is 0 Å². The molecule has 1 aromatic carbocycles. The van der Waals surface area contributed by atoms with E-state index in [0.717, 1.165) is 32.0 Å². The van der Waals surface area contributed by atoms with Crippen molar-refractivity contribution in [1.82, 2.24) is 10.3 Å². The van der Waals surface area contributed by atoms with Crippen LogP contribution in [0.1, 0.15) is 30.4 Å². The van der Waals surface area contributed by atoms with Gasteiger partial charge in [0.15, 0.2) is 0 Å². The van der Waals surface area contributed by atoms with Gasteiger partial charge in [-0.2, -0.15) is 5.10 Å². The monoisotopic (exact) mass is 272 g/mol. The molecule has 1 aromatic rings. The highest BCUT2D eigenvalue weighted by Crippen LogP contribution is 2.25. The Morgan fingerprint density at radius 1 is 1.25 bits per heavy atom. The van der Waals surface area contributed by atoms with Crippen LogP contribution in [0.5, 0.6) is 0 Å². The van der Waals surface area contributed by atoms with Gasteiger partial charge in [-0.15, -0.1) is 0 Å². The second-order valence-electron chi connectivity index (χ2n) is 5.83. The summed E-state index contributed by atoms with van der Waals surface area (Å²) < 4.78 is 0. The Balaban J connectivity index is 1.60. The van der Waals surface area contributed by atoms with Crippen LogP contribution in [0, 0.1) is 5.92 Å². The smallest absolute Gasteiger partial charge is 0.0681 e. The van der Waals surface area contributed by atoms with Crippen LogP contribution in [0.25, 0.3) is 0 Å². The third kappa shape index (κ3) is 3.02. The van der Waals surface area contributed by atoms with Crippen LogP contribution in [0.3, 0.4) is 0 Å². The Bertz CT molecular complexity index is 475. The van der Waals surface area contributed by atoms with Gasteiger partial charge in [0, 0.05) is 18.7 Å². The second kappa shape index (κ2) is 6.37. The van der Waals surface area contributed by atoms with Crippen molar-refractivity contribution in [3.63, 3.8) is 0 Å². The van der Waals surface area contributed by atoms with Gasteiger partial charge >= 0.3 is 0 Å². The summed E-state index contributed by atoms with van der Waals surface area (Å²) in [6.45, 7) is 5.04. The van der Waals surface area contributed by atoms with Crippen LogP contribution < -0.4 is 11.2 Å². The average molecular weight is 272 g/mol. The lowest BCUT2D eigenvalue weighted by Gasteiger charge is -2.32. The maximum absolute atomic E-state index is 5.63. The van der Waals surface area contributed by atoms with E-state index in [2.05, 4.69) is 39.7 Å². The van der Waals surface area contributed by atoms with E-state index in [1.807, 2.05) is 0 Å². The van der Waals surface area contributed by atoms with Gasteiger partial charge in [0.1, 0.15) is 0 Å². The summed E-state index contributed by atoms with van der Waals surface area (Å²) in [6, 6.07) is 8.62. The van der Waals surface area contributed by atoms with Crippen molar-refractivity contribution in [3.05, 3.63) is 35.4 Å². The molecule has 3 rings (SSSR count). The molecular formula is C16H24N4. The van der Waals surface area contributed by atoms with Crippen molar-refractivity contribution in [1.29, 1.82) is 0 Å². The Hall–Kier alpha value is -1.39. The molecule has 108 valence electrons. The molecule has 0 amide bonds. The van der Waals surface area contributed by atoms with E-state index in [-0.39, 0.29) is 0 Å². The van der Waals surface area contributed by atoms with Crippen molar-refractivity contribution >= 4 is 5.71 Å². The number of benzene rings is 1. The molecule has 4 nitrogen and oxygen atoms in total. The summed E-state index contributed by atoms with van der Waals surface area (Å²) in [5.41, 5.74) is 12.8. The topological polar surface area (TPSA) is 53.6 Å². The van der Waals surface area contributed by atoms with Gasteiger partial charge in [-0.25, -0.2) is 0 Å². The molecule has 0 aromatic heterocycles. The summed E-state index contributed by atoms with van der Waals surface area (Å²) in [4.78, 5) is 2.48. The Morgan fingerprint density at radius 2 is 2.05 bits per heavy atom. The lowest BCUT2D eigenvalue weighted by atomic mass is 9.88. The van der Waals surface area contributed by atoms with E-state index in [4.69, 9.17) is 5.73 Å². The molecular weight excluding hydrogens is 248 g/mol. The molecule has 0 radical (unpaired) electrons. The van der Waals surface area contributed by atoms with E-state index < -0.39 is 0 Å². The van der Waals surface area contributed by atoms with Crippen molar-refractivity contribution in [2.75, 3.05) is 26.2 Å². The zero-order valence-corrected chi connectivity index (χ0v) is 12.0.